The highest BCUT2D eigenvalue weighted by atomic mass is 16.3. The molecule has 0 amide bonds. The van der Waals surface area contributed by atoms with Crippen LogP contribution in [0.2, 0.25) is 0 Å². The third kappa shape index (κ3) is 6.62. The zero-order valence-electron chi connectivity index (χ0n) is 8.47. The summed E-state index contributed by atoms with van der Waals surface area (Å²) in [5, 5.41) is 12.0. The van der Waals surface area contributed by atoms with Gasteiger partial charge in [0.25, 0.3) is 0 Å². The minimum Gasteiger partial charge on any atom is -0.396 e. The minimum absolute atomic E-state index is 0.332. The van der Waals surface area contributed by atoms with Gasteiger partial charge in [-0.25, -0.2) is 0 Å². The molecule has 1 atom stereocenters. The van der Waals surface area contributed by atoms with E-state index in [9.17, 15) is 0 Å². The number of hydrogen-bond acceptors (Lipinski definition) is 2. The molecule has 0 radical (unpaired) electrons. The summed E-state index contributed by atoms with van der Waals surface area (Å²) in [6, 6.07) is 0. The number of hydrogen-bond donors (Lipinski definition) is 2. The quantitative estimate of drug-likeness (QED) is 0.548. The van der Waals surface area contributed by atoms with Crippen molar-refractivity contribution in [3.63, 3.8) is 0 Å². The Labute approximate surface area is 76.4 Å². The molecule has 0 fully saturated rings. The number of rotatable bonds is 8. The predicted molar refractivity (Wildman–Crippen MR) is 53.3 cm³/mol. The summed E-state index contributed by atoms with van der Waals surface area (Å²) in [6.07, 6.45) is 6.12. The summed E-state index contributed by atoms with van der Waals surface area (Å²) >= 11 is 0. The van der Waals surface area contributed by atoms with Crippen LogP contribution in [0.5, 0.6) is 0 Å². The van der Waals surface area contributed by atoms with Crippen LogP contribution in [0.25, 0.3) is 0 Å². The van der Waals surface area contributed by atoms with E-state index in [2.05, 4.69) is 12.2 Å². The molecule has 2 N–H and O–H groups in total. The maximum atomic E-state index is 8.79. The van der Waals surface area contributed by atoms with Crippen LogP contribution in [0.3, 0.4) is 0 Å². The minimum atomic E-state index is 0.332. The molecule has 0 saturated heterocycles. The van der Waals surface area contributed by atoms with Crippen LogP contribution < -0.4 is 5.32 Å². The summed E-state index contributed by atoms with van der Waals surface area (Å²) in [6.45, 7) is 3.60. The van der Waals surface area contributed by atoms with Gasteiger partial charge in [0.15, 0.2) is 0 Å². The predicted octanol–water partition coefficient (Wildman–Crippen LogP) is 1.78. The van der Waals surface area contributed by atoms with Gasteiger partial charge in [-0.05, 0) is 32.4 Å². The van der Waals surface area contributed by atoms with Gasteiger partial charge in [0.2, 0.25) is 0 Å². The Morgan fingerprint density at radius 2 is 2.00 bits per heavy atom. The van der Waals surface area contributed by atoms with E-state index in [0.717, 1.165) is 13.0 Å². The van der Waals surface area contributed by atoms with E-state index in [1.807, 2.05) is 7.05 Å². The van der Waals surface area contributed by atoms with Crippen molar-refractivity contribution in [2.45, 2.75) is 39.0 Å². The lowest BCUT2D eigenvalue weighted by molar-refractivity contribution is 0.248. The number of aliphatic hydroxyl groups is 1. The second-order valence-corrected chi connectivity index (χ2v) is 3.43. The Kier molecular flexibility index (Phi) is 8.95. The van der Waals surface area contributed by atoms with Gasteiger partial charge in [-0.2, -0.15) is 0 Å². The standard InChI is InChI=1S/C10H23NO/c1-3-4-5-6-10(7-8-12)9-11-2/h10-12H,3-9H2,1-2H3. The first-order valence-electron chi connectivity index (χ1n) is 5.10. The number of nitrogens with one attached hydrogen (secondary N) is 1. The van der Waals surface area contributed by atoms with Gasteiger partial charge in [-0.15, -0.1) is 0 Å². The van der Waals surface area contributed by atoms with E-state index in [4.69, 9.17) is 5.11 Å². The lowest BCUT2D eigenvalue weighted by atomic mass is 9.98. The Morgan fingerprint density at radius 1 is 1.25 bits per heavy atom. The smallest absolute Gasteiger partial charge is 0.0434 e. The van der Waals surface area contributed by atoms with Crippen LogP contribution in [0.1, 0.15) is 39.0 Å². The van der Waals surface area contributed by atoms with Crippen molar-refractivity contribution in [1.29, 1.82) is 0 Å². The van der Waals surface area contributed by atoms with E-state index in [1.54, 1.807) is 0 Å². The summed E-state index contributed by atoms with van der Waals surface area (Å²) in [7, 11) is 1.98. The molecular formula is C10H23NO. The van der Waals surface area contributed by atoms with Gasteiger partial charge >= 0.3 is 0 Å². The molecule has 0 aromatic heterocycles. The highest BCUT2D eigenvalue weighted by Gasteiger charge is 2.05. The summed E-state index contributed by atoms with van der Waals surface area (Å²) in [5.74, 6) is 0.673. The topological polar surface area (TPSA) is 32.3 Å². The molecule has 0 heterocycles. The maximum absolute atomic E-state index is 8.79. The van der Waals surface area contributed by atoms with E-state index in [-0.39, 0.29) is 0 Å². The van der Waals surface area contributed by atoms with E-state index in [0.29, 0.717) is 12.5 Å². The van der Waals surface area contributed by atoms with Gasteiger partial charge in [0.05, 0.1) is 0 Å². The van der Waals surface area contributed by atoms with Crippen molar-refractivity contribution in [3.05, 3.63) is 0 Å². The Bertz CT molecular complexity index is 79.9. The van der Waals surface area contributed by atoms with Gasteiger partial charge in [0, 0.05) is 6.61 Å². The highest BCUT2D eigenvalue weighted by molar-refractivity contribution is 4.60. The van der Waals surface area contributed by atoms with Gasteiger partial charge < -0.3 is 10.4 Å². The van der Waals surface area contributed by atoms with Crippen LogP contribution in [0, 0.1) is 5.92 Å². The maximum Gasteiger partial charge on any atom is 0.0434 e. The third-order valence-corrected chi connectivity index (χ3v) is 2.25. The molecule has 0 spiro atoms. The van der Waals surface area contributed by atoms with E-state index < -0.39 is 0 Å². The molecule has 74 valence electrons. The zero-order valence-corrected chi connectivity index (χ0v) is 8.47. The summed E-state index contributed by atoms with van der Waals surface area (Å²) in [4.78, 5) is 0. The molecule has 0 aromatic rings. The molecule has 2 nitrogen and oxygen atoms in total. The SMILES string of the molecule is CCCCCC(CCO)CNC. The zero-order chi connectivity index (χ0) is 9.23. The summed E-state index contributed by atoms with van der Waals surface area (Å²) < 4.78 is 0. The molecule has 2 heteroatoms. The molecular weight excluding hydrogens is 150 g/mol. The fourth-order valence-electron chi connectivity index (χ4n) is 1.50. The Hall–Kier alpha value is -0.0800. The fraction of sp³-hybridized carbons (Fsp3) is 1.00. The van der Waals surface area contributed by atoms with Crippen molar-refractivity contribution in [2.75, 3.05) is 20.2 Å². The van der Waals surface area contributed by atoms with E-state index >= 15 is 0 Å². The van der Waals surface area contributed by atoms with Crippen LogP contribution in [-0.2, 0) is 0 Å². The van der Waals surface area contributed by atoms with Crippen molar-refractivity contribution in [3.8, 4) is 0 Å². The normalized spacial score (nSPS) is 13.2. The first-order chi connectivity index (χ1) is 5.85. The van der Waals surface area contributed by atoms with Gasteiger partial charge in [-0.3, -0.25) is 0 Å². The van der Waals surface area contributed by atoms with Gasteiger partial charge in [0.1, 0.15) is 0 Å². The number of aliphatic hydroxyl groups excluding tert-OH is 1. The molecule has 0 aliphatic rings. The second kappa shape index (κ2) is 9.01. The molecule has 0 saturated carbocycles. The fourth-order valence-corrected chi connectivity index (χ4v) is 1.50. The van der Waals surface area contributed by atoms with Crippen molar-refractivity contribution >= 4 is 0 Å². The monoisotopic (exact) mass is 173 g/mol. The first kappa shape index (κ1) is 11.9. The number of unbranched alkanes of at least 4 members (excludes halogenated alkanes) is 2. The van der Waals surface area contributed by atoms with Crippen LogP contribution in [-0.4, -0.2) is 25.3 Å². The average Bonchev–Trinajstić information content (AvgIpc) is 2.06. The van der Waals surface area contributed by atoms with Crippen molar-refractivity contribution in [1.82, 2.24) is 5.32 Å². The molecule has 12 heavy (non-hydrogen) atoms. The van der Waals surface area contributed by atoms with Gasteiger partial charge in [-0.1, -0.05) is 26.2 Å². The van der Waals surface area contributed by atoms with E-state index in [1.165, 1.54) is 25.7 Å². The first-order valence-corrected chi connectivity index (χ1v) is 5.10. The van der Waals surface area contributed by atoms with Crippen molar-refractivity contribution < 1.29 is 5.11 Å². The highest BCUT2D eigenvalue weighted by Crippen LogP contribution is 2.12. The molecule has 0 aliphatic carbocycles. The molecule has 1 unspecified atom stereocenters. The Morgan fingerprint density at radius 3 is 2.50 bits per heavy atom. The molecule has 0 aromatic carbocycles. The van der Waals surface area contributed by atoms with Crippen LogP contribution in [0.15, 0.2) is 0 Å². The van der Waals surface area contributed by atoms with Crippen molar-refractivity contribution in [2.24, 2.45) is 5.92 Å². The average molecular weight is 173 g/mol. The van der Waals surface area contributed by atoms with Crippen LogP contribution in [0.4, 0.5) is 0 Å². The molecule has 0 aliphatic heterocycles. The second-order valence-electron chi connectivity index (χ2n) is 3.43. The largest absolute Gasteiger partial charge is 0.396 e. The molecule has 0 rings (SSSR count). The van der Waals surface area contributed by atoms with Crippen LogP contribution >= 0.6 is 0 Å². The Balaban J connectivity index is 3.34. The molecule has 0 bridgehead atoms. The lowest BCUT2D eigenvalue weighted by Crippen LogP contribution is -2.19. The lowest BCUT2D eigenvalue weighted by Gasteiger charge is -2.14. The summed E-state index contributed by atoms with van der Waals surface area (Å²) in [5.41, 5.74) is 0. The third-order valence-electron chi connectivity index (χ3n) is 2.25.